The second-order valence-electron chi connectivity index (χ2n) is 4.89. The number of halogens is 3. The molecular weight excluding hydrogens is 301 g/mol. The summed E-state index contributed by atoms with van der Waals surface area (Å²) in [4.78, 5) is 36.1. The number of carbonyl (C=O) groups excluding carboxylic acids is 3. The average Bonchev–Trinajstić information content (AvgIpc) is 2.76. The fourth-order valence-corrected chi connectivity index (χ4v) is 2.33. The maximum atomic E-state index is 12.7. The van der Waals surface area contributed by atoms with Gasteiger partial charge in [-0.15, -0.1) is 0 Å². The lowest BCUT2D eigenvalue weighted by Crippen LogP contribution is -2.53. The number of carbonyl (C=O) groups is 3. The van der Waals surface area contributed by atoms with Gasteiger partial charge in [0.25, 0.3) is 5.91 Å². The zero-order valence-electron chi connectivity index (χ0n) is 11.4. The molecule has 8 heteroatoms. The predicted molar refractivity (Wildman–Crippen MR) is 70.3 cm³/mol. The van der Waals surface area contributed by atoms with Gasteiger partial charge in [-0.1, -0.05) is 18.7 Å². The molecule has 0 aliphatic carbocycles. The Labute approximate surface area is 124 Å². The third-order valence-electron chi connectivity index (χ3n) is 3.46. The number of amides is 3. The van der Waals surface area contributed by atoms with Gasteiger partial charge in [0.2, 0.25) is 11.8 Å². The molecule has 3 amide bonds. The van der Waals surface area contributed by atoms with Crippen LogP contribution in [0.2, 0.25) is 0 Å². The fourth-order valence-electron chi connectivity index (χ4n) is 2.33. The van der Waals surface area contributed by atoms with Crippen LogP contribution in [-0.4, -0.2) is 41.4 Å². The van der Waals surface area contributed by atoms with Gasteiger partial charge in [0.15, 0.2) is 0 Å². The lowest BCUT2D eigenvalue weighted by molar-refractivity contribution is -0.142. The van der Waals surface area contributed by atoms with Gasteiger partial charge in [-0.3, -0.25) is 19.7 Å². The highest BCUT2D eigenvalue weighted by molar-refractivity contribution is 6.05. The predicted octanol–water partition coefficient (Wildman–Crippen LogP) is 1.23. The lowest BCUT2D eigenvalue weighted by atomic mass is 10.0. The Morgan fingerprint density at radius 1 is 1.36 bits per heavy atom. The summed E-state index contributed by atoms with van der Waals surface area (Å²) in [6, 6.07) is -0.842. The van der Waals surface area contributed by atoms with Gasteiger partial charge in [-0.25, -0.2) is 0 Å². The van der Waals surface area contributed by atoms with E-state index in [1.165, 1.54) is 6.08 Å². The first-order valence-electron chi connectivity index (χ1n) is 6.50. The van der Waals surface area contributed by atoms with Crippen molar-refractivity contribution >= 4 is 17.7 Å². The van der Waals surface area contributed by atoms with Crippen molar-refractivity contribution in [3.63, 3.8) is 0 Å². The van der Waals surface area contributed by atoms with E-state index in [4.69, 9.17) is 0 Å². The van der Waals surface area contributed by atoms with Crippen molar-refractivity contribution in [2.24, 2.45) is 0 Å². The minimum atomic E-state index is -4.61. The zero-order chi connectivity index (χ0) is 16.5. The summed E-state index contributed by atoms with van der Waals surface area (Å²) in [6.45, 7) is 3.11. The number of piperidine rings is 1. The van der Waals surface area contributed by atoms with Crippen molar-refractivity contribution in [2.75, 3.05) is 6.54 Å². The maximum Gasteiger partial charge on any atom is 0.416 e. The van der Waals surface area contributed by atoms with Crippen molar-refractivity contribution < 1.29 is 27.6 Å². The summed E-state index contributed by atoms with van der Waals surface area (Å²) < 4.78 is 38.0. The van der Waals surface area contributed by atoms with Crippen molar-refractivity contribution in [2.45, 2.75) is 25.1 Å². The largest absolute Gasteiger partial charge is 0.416 e. The standard InChI is InChI=1S/C14H13F3N2O3/c1-2-9(14(15,16)17)7-8-5-6-19(13(8)22)10-3-4-11(20)18-12(10)21/h2,5,7,10H,1,3-4,6H2,(H,18,20,21)/b9-7+. The molecule has 2 rings (SSSR count). The first-order chi connectivity index (χ1) is 10.2. The van der Waals surface area contributed by atoms with Crippen LogP contribution in [0.5, 0.6) is 0 Å². The van der Waals surface area contributed by atoms with Crippen LogP contribution in [0, 0.1) is 0 Å². The SMILES string of the molecule is C=C/C(=C\C1=CCN(C2CCC(=O)NC2=O)C1=O)C(F)(F)F. The third kappa shape index (κ3) is 3.10. The molecule has 2 aliphatic rings. The first-order valence-corrected chi connectivity index (χ1v) is 6.50. The second-order valence-corrected chi connectivity index (χ2v) is 4.89. The molecule has 2 heterocycles. The van der Waals surface area contributed by atoms with Gasteiger partial charge in [-0.05, 0) is 12.5 Å². The molecule has 0 spiro atoms. The van der Waals surface area contributed by atoms with E-state index in [-0.39, 0.29) is 25.0 Å². The number of hydrogen-bond acceptors (Lipinski definition) is 3. The van der Waals surface area contributed by atoms with Crippen LogP contribution < -0.4 is 5.32 Å². The first kappa shape index (κ1) is 16.0. The zero-order valence-corrected chi connectivity index (χ0v) is 11.4. The van der Waals surface area contributed by atoms with Gasteiger partial charge in [0.1, 0.15) is 6.04 Å². The Kier molecular flexibility index (Phi) is 4.20. The van der Waals surface area contributed by atoms with Crippen LogP contribution in [0.15, 0.2) is 36.0 Å². The number of nitrogens with zero attached hydrogens (tertiary/aromatic N) is 1. The summed E-state index contributed by atoms with van der Waals surface area (Å²) in [5.41, 5.74) is -1.17. The van der Waals surface area contributed by atoms with E-state index >= 15 is 0 Å². The third-order valence-corrected chi connectivity index (χ3v) is 3.46. The molecule has 0 aromatic heterocycles. The van der Waals surface area contributed by atoms with Gasteiger partial charge in [-0.2, -0.15) is 13.2 Å². The van der Waals surface area contributed by atoms with Gasteiger partial charge in [0, 0.05) is 18.5 Å². The van der Waals surface area contributed by atoms with E-state index in [1.54, 1.807) is 0 Å². The van der Waals surface area contributed by atoms with Crippen LogP contribution in [0.3, 0.4) is 0 Å². The summed E-state index contributed by atoms with van der Waals surface area (Å²) in [7, 11) is 0. The van der Waals surface area contributed by atoms with E-state index in [9.17, 15) is 27.6 Å². The van der Waals surface area contributed by atoms with Crippen LogP contribution in [0.4, 0.5) is 13.2 Å². The van der Waals surface area contributed by atoms with Gasteiger partial charge < -0.3 is 4.90 Å². The molecule has 1 fully saturated rings. The molecule has 0 aromatic rings. The summed E-state index contributed by atoms with van der Waals surface area (Å²) in [5.74, 6) is -1.70. The minimum Gasteiger partial charge on any atom is -0.323 e. The molecule has 2 aliphatic heterocycles. The van der Waals surface area contributed by atoms with Crippen LogP contribution in [0.25, 0.3) is 0 Å². The molecule has 0 radical (unpaired) electrons. The monoisotopic (exact) mass is 314 g/mol. The summed E-state index contributed by atoms with van der Waals surface area (Å²) in [5, 5.41) is 2.11. The number of rotatable bonds is 3. The van der Waals surface area contributed by atoms with Gasteiger partial charge >= 0.3 is 6.18 Å². The second kappa shape index (κ2) is 5.78. The highest BCUT2D eigenvalue weighted by atomic mass is 19.4. The van der Waals surface area contributed by atoms with E-state index in [1.807, 2.05) is 0 Å². The quantitative estimate of drug-likeness (QED) is 0.629. The van der Waals surface area contributed by atoms with Crippen LogP contribution in [-0.2, 0) is 14.4 Å². The normalized spacial score (nSPS) is 23.5. The Bertz CT molecular complexity index is 605. The summed E-state index contributed by atoms with van der Waals surface area (Å²) >= 11 is 0. The smallest absolute Gasteiger partial charge is 0.323 e. The van der Waals surface area contributed by atoms with E-state index < -0.39 is 35.5 Å². The molecule has 1 unspecified atom stereocenters. The number of hydrogen-bond donors (Lipinski definition) is 1. The average molecular weight is 314 g/mol. The van der Waals surface area contributed by atoms with E-state index in [2.05, 4.69) is 11.9 Å². The Morgan fingerprint density at radius 3 is 2.59 bits per heavy atom. The molecule has 1 atom stereocenters. The molecular formula is C14H13F3N2O3. The lowest BCUT2D eigenvalue weighted by Gasteiger charge is -2.29. The molecule has 0 saturated carbocycles. The van der Waals surface area contributed by atoms with Crippen molar-refractivity contribution in [3.05, 3.63) is 36.0 Å². The number of nitrogens with one attached hydrogen (secondary N) is 1. The van der Waals surface area contributed by atoms with Crippen LogP contribution in [0.1, 0.15) is 12.8 Å². The highest BCUT2D eigenvalue weighted by Crippen LogP contribution is 2.29. The highest BCUT2D eigenvalue weighted by Gasteiger charge is 2.38. The molecule has 118 valence electrons. The van der Waals surface area contributed by atoms with Gasteiger partial charge in [0.05, 0.1) is 5.57 Å². The topological polar surface area (TPSA) is 66.5 Å². The molecule has 5 nitrogen and oxygen atoms in total. The maximum absolute atomic E-state index is 12.7. The molecule has 0 aromatic carbocycles. The number of alkyl halides is 3. The Balaban J connectivity index is 2.16. The number of imide groups is 1. The number of allylic oxidation sites excluding steroid dienone is 2. The van der Waals surface area contributed by atoms with Crippen molar-refractivity contribution in [3.8, 4) is 0 Å². The molecule has 1 saturated heterocycles. The van der Waals surface area contributed by atoms with Crippen LogP contribution >= 0.6 is 0 Å². The molecule has 22 heavy (non-hydrogen) atoms. The van der Waals surface area contributed by atoms with E-state index in [0.29, 0.717) is 12.2 Å². The van der Waals surface area contributed by atoms with E-state index in [0.717, 1.165) is 4.90 Å². The molecule has 1 N–H and O–H groups in total. The Hall–Kier alpha value is -2.38. The van der Waals surface area contributed by atoms with Crippen molar-refractivity contribution in [1.29, 1.82) is 0 Å². The summed E-state index contributed by atoms with van der Waals surface area (Å²) in [6.07, 6.45) is -1.70. The Morgan fingerprint density at radius 2 is 2.05 bits per heavy atom. The minimum absolute atomic E-state index is 0.0270. The molecule has 0 bridgehead atoms. The fraction of sp³-hybridized carbons (Fsp3) is 0.357. The van der Waals surface area contributed by atoms with Crippen molar-refractivity contribution in [1.82, 2.24) is 10.2 Å².